The van der Waals surface area contributed by atoms with Crippen LogP contribution < -0.4 is 9.80 Å². The summed E-state index contributed by atoms with van der Waals surface area (Å²) in [6.45, 7) is 9.10. The minimum absolute atomic E-state index is 0.380. The first-order valence-electron chi connectivity index (χ1n) is 23.9. The number of nitrogens with zero attached hydrogens (tertiary/aromatic N) is 2. The molecular weight excluding hydrogens is 841 g/mol. The minimum Gasteiger partial charge on any atom is -0.454 e. The van der Waals surface area contributed by atoms with Crippen molar-refractivity contribution >= 4 is 110 Å². The third-order valence-corrected chi connectivity index (χ3v) is 15.0. The molecule has 4 heteroatoms. The molecule has 2 aromatic heterocycles. The van der Waals surface area contributed by atoms with Crippen LogP contribution in [0.4, 0.5) is 34.1 Å². The van der Waals surface area contributed by atoms with Crippen LogP contribution in [-0.2, 0) is 5.41 Å². The average Bonchev–Trinajstić information content (AvgIpc) is 4.05. The van der Waals surface area contributed by atoms with Gasteiger partial charge in [0, 0.05) is 49.4 Å². The Balaban J connectivity index is 1.02. The van der Waals surface area contributed by atoms with E-state index in [-0.39, 0.29) is 5.41 Å². The molecule has 14 rings (SSSR count). The second kappa shape index (κ2) is 14.7. The molecule has 328 valence electrons. The lowest BCUT2D eigenvalue weighted by Gasteiger charge is -2.30. The van der Waals surface area contributed by atoms with E-state index in [0.717, 1.165) is 89.1 Å². The number of furan rings is 2. The second-order valence-electron chi connectivity index (χ2n) is 19.3. The highest BCUT2D eigenvalue weighted by Crippen LogP contribution is 2.59. The SMILES string of the molecule is Cc1cccc2c1oc1c(N(c3ccccc3)c3ccc4c5c(c6ccccc6c4c3)-c3c(cc(N(c4ccccc4)c4cccc6c4oc4c(C)cccc46)c4ccccc34)C5(C)C)cccc12. The molecule has 11 aromatic carbocycles. The molecule has 0 unspecified atom stereocenters. The van der Waals surface area contributed by atoms with Gasteiger partial charge in [-0.1, -0.05) is 166 Å². The summed E-state index contributed by atoms with van der Waals surface area (Å²) >= 11 is 0. The molecule has 1 aliphatic rings. The van der Waals surface area contributed by atoms with Gasteiger partial charge in [0.15, 0.2) is 11.2 Å². The number of anilines is 6. The molecule has 0 atom stereocenters. The first-order valence-corrected chi connectivity index (χ1v) is 23.9. The van der Waals surface area contributed by atoms with Gasteiger partial charge in [0.2, 0.25) is 0 Å². The molecule has 0 fully saturated rings. The molecule has 13 aromatic rings. The molecule has 4 nitrogen and oxygen atoms in total. The van der Waals surface area contributed by atoms with Crippen molar-refractivity contribution in [1.29, 1.82) is 0 Å². The smallest absolute Gasteiger partial charge is 0.159 e. The van der Waals surface area contributed by atoms with Crippen molar-refractivity contribution in [2.75, 3.05) is 9.80 Å². The maximum absolute atomic E-state index is 6.90. The van der Waals surface area contributed by atoms with Crippen molar-refractivity contribution in [2.24, 2.45) is 0 Å². The first-order chi connectivity index (χ1) is 33.8. The van der Waals surface area contributed by atoms with E-state index in [0.29, 0.717) is 0 Å². The van der Waals surface area contributed by atoms with E-state index in [1.54, 1.807) is 0 Å². The van der Waals surface area contributed by atoms with Gasteiger partial charge in [-0.05, 0) is 129 Å². The van der Waals surface area contributed by atoms with E-state index < -0.39 is 0 Å². The van der Waals surface area contributed by atoms with Crippen LogP contribution in [0.25, 0.3) is 87.3 Å². The van der Waals surface area contributed by atoms with Crippen LogP contribution >= 0.6 is 0 Å². The lowest BCUT2D eigenvalue weighted by atomic mass is 9.79. The van der Waals surface area contributed by atoms with Crippen molar-refractivity contribution in [3.63, 3.8) is 0 Å². The number of para-hydroxylation sites is 6. The van der Waals surface area contributed by atoms with Gasteiger partial charge in [0.05, 0.1) is 17.1 Å². The molecule has 0 spiro atoms. The minimum atomic E-state index is -0.380. The molecule has 0 N–H and O–H groups in total. The fraction of sp³-hybridized carbons (Fsp3) is 0.0769. The van der Waals surface area contributed by atoms with Gasteiger partial charge < -0.3 is 18.6 Å². The number of hydrogen-bond acceptors (Lipinski definition) is 4. The van der Waals surface area contributed by atoms with Crippen LogP contribution in [0.5, 0.6) is 0 Å². The summed E-state index contributed by atoms with van der Waals surface area (Å²) < 4.78 is 13.7. The topological polar surface area (TPSA) is 32.8 Å². The van der Waals surface area contributed by atoms with Gasteiger partial charge in [0.1, 0.15) is 11.2 Å². The predicted octanol–water partition coefficient (Wildman–Crippen LogP) is 18.8. The Hall–Kier alpha value is -8.60. The summed E-state index contributed by atoms with van der Waals surface area (Å²) in [5.41, 5.74) is 17.1. The number of fused-ring (bicyclic) bond motifs is 16. The van der Waals surface area contributed by atoms with Gasteiger partial charge in [-0.3, -0.25) is 0 Å². The van der Waals surface area contributed by atoms with Crippen molar-refractivity contribution < 1.29 is 8.83 Å². The normalized spacial score (nSPS) is 13.0. The van der Waals surface area contributed by atoms with Crippen molar-refractivity contribution in [3.05, 3.63) is 229 Å². The Labute approximate surface area is 399 Å². The van der Waals surface area contributed by atoms with E-state index in [4.69, 9.17) is 8.83 Å². The number of aryl methyl sites for hydroxylation is 2. The molecule has 69 heavy (non-hydrogen) atoms. The second-order valence-corrected chi connectivity index (χ2v) is 19.3. The van der Waals surface area contributed by atoms with Crippen molar-refractivity contribution in [2.45, 2.75) is 33.1 Å². The van der Waals surface area contributed by atoms with Crippen LogP contribution in [0.3, 0.4) is 0 Å². The Morgan fingerprint density at radius 2 is 0.783 bits per heavy atom. The van der Waals surface area contributed by atoms with Gasteiger partial charge in [-0.15, -0.1) is 0 Å². The van der Waals surface area contributed by atoms with E-state index in [1.165, 1.54) is 54.6 Å². The van der Waals surface area contributed by atoms with Crippen molar-refractivity contribution in [1.82, 2.24) is 0 Å². The molecule has 0 radical (unpaired) electrons. The molecular formula is C65H46N2O2. The van der Waals surface area contributed by atoms with Crippen LogP contribution in [0.15, 0.2) is 215 Å². The quantitative estimate of drug-likeness (QED) is 0.156. The summed E-state index contributed by atoms with van der Waals surface area (Å²) in [5.74, 6) is 0. The summed E-state index contributed by atoms with van der Waals surface area (Å²) in [5, 5.41) is 11.9. The lowest BCUT2D eigenvalue weighted by molar-refractivity contribution is 0.665. The standard InChI is InChI=1S/C65H46N2O2/c1-39-19-15-29-49-51-31-17-33-55(63(51)68-61(39)49)66(41-21-7-5-8-22-41)43-35-36-48-53(37-43)44-25-11-13-27-46(44)59-58-47-28-14-12-26-45(47)57(38-54(58)65(3,4)60(48)59)67(42-23-9-6-10-24-42)56-34-18-32-52-50-30-16-20-40(2)62(50)69-64(52)56/h5-38H,1-4H3. The molecule has 0 saturated heterocycles. The maximum Gasteiger partial charge on any atom is 0.159 e. The summed E-state index contributed by atoms with van der Waals surface area (Å²) in [6, 6.07) is 75.0. The number of rotatable bonds is 6. The molecule has 1 aliphatic carbocycles. The Morgan fingerprint density at radius 1 is 0.319 bits per heavy atom. The van der Waals surface area contributed by atoms with Gasteiger partial charge >= 0.3 is 0 Å². The Bertz CT molecular complexity index is 4260. The largest absolute Gasteiger partial charge is 0.454 e. The van der Waals surface area contributed by atoms with Crippen LogP contribution in [-0.4, -0.2) is 0 Å². The van der Waals surface area contributed by atoms with E-state index in [2.05, 4.69) is 244 Å². The molecule has 0 amide bonds. The Morgan fingerprint density at radius 3 is 1.38 bits per heavy atom. The monoisotopic (exact) mass is 886 g/mol. The third kappa shape index (κ3) is 5.63. The summed E-state index contributed by atoms with van der Waals surface area (Å²) in [7, 11) is 0. The first kappa shape index (κ1) is 39.6. The van der Waals surface area contributed by atoms with Crippen molar-refractivity contribution in [3.8, 4) is 11.1 Å². The molecule has 0 saturated carbocycles. The van der Waals surface area contributed by atoms with Gasteiger partial charge in [0.25, 0.3) is 0 Å². The fourth-order valence-corrected chi connectivity index (χ4v) is 11.9. The number of hydrogen-bond donors (Lipinski definition) is 0. The molecule has 0 bridgehead atoms. The lowest BCUT2D eigenvalue weighted by Crippen LogP contribution is -2.17. The van der Waals surface area contributed by atoms with Crippen LogP contribution in [0, 0.1) is 13.8 Å². The van der Waals surface area contributed by atoms with Crippen LogP contribution in [0.2, 0.25) is 0 Å². The molecule has 2 heterocycles. The van der Waals surface area contributed by atoms with E-state index in [1.807, 2.05) is 0 Å². The highest BCUT2D eigenvalue weighted by Gasteiger charge is 2.41. The maximum atomic E-state index is 6.90. The number of benzene rings is 11. The fourth-order valence-electron chi connectivity index (χ4n) is 11.9. The van der Waals surface area contributed by atoms with E-state index in [9.17, 15) is 0 Å². The molecule has 0 aliphatic heterocycles. The highest BCUT2D eigenvalue weighted by atomic mass is 16.3. The van der Waals surface area contributed by atoms with Crippen LogP contribution in [0.1, 0.15) is 36.1 Å². The Kier molecular flexibility index (Phi) is 8.43. The van der Waals surface area contributed by atoms with Gasteiger partial charge in [-0.25, -0.2) is 0 Å². The zero-order chi connectivity index (χ0) is 46.1. The zero-order valence-corrected chi connectivity index (χ0v) is 38.8. The predicted molar refractivity (Wildman–Crippen MR) is 290 cm³/mol. The summed E-state index contributed by atoms with van der Waals surface area (Å²) in [6.07, 6.45) is 0. The summed E-state index contributed by atoms with van der Waals surface area (Å²) in [4.78, 5) is 4.79. The van der Waals surface area contributed by atoms with Gasteiger partial charge in [-0.2, -0.15) is 0 Å². The van der Waals surface area contributed by atoms with E-state index >= 15 is 0 Å². The average molecular weight is 887 g/mol. The highest BCUT2D eigenvalue weighted by molar-refractivity contribution is 6.24. The third-order valence-electron chi connectivity index (χ3n) is 15.0. The zero-order valence-electron chi connectivity index (χ0n) is 38.8.